The Morgan fingerprint density at radius 3 is 2.82 bits per heavy atom. The zero-order chi connectivity index (χ0) is 19.4. The van der Waals surface area contributed by atoms with Crippen molar-refractivity contribution in [3.05, 3.63) is 64.5 Å². The molecule has 0 unspecified atom stereocenters. The predicted molar refractivity (Wildman–Crippen MR) is 115 cm³/mol. The number of aromatic nitrogens is 3. The molecule has 0 spiro atoms. The Labute approximate surface area is 173 Å². The van der Waals surface area contributed by atoms with E-state index < -0.39 is 0 Å². The Morgan fingerprint density at radius 1 is 1.18 bits per heavy atom. The fraction of sp³-hybridized carbons (Fsp3) is 0.381. The van der Waals surface area contributed by atoms with E-state index in [-0.39, 0.29) is 5.41 Å². The molecule has 0 saturated heterocycles. The average Bonchev–Trinajstić information content (AvgIpc) is 3.08. The van der Waals surface area contributed by atoms with E-state index in [1.165, 1.54) is 24.8 Å². The van der Waals surface area contributed by atoms with Crippen LogP contribution in [0.1, 0.15) is 37.6 Å². The number of nitrogens with one attached hydrogen (secondary N) is 2. The van der Waals surface area contributed by atoms with Gasteiger partial charge < -0.3 is 10.6 Å². The SMILES string of the molecule is CCNC(=NCc1nnc2ccccn12)NCC1(c2cccc(Br)c2)CCC1. The molecule has 0 atom stereocenters. The van der Waals surface area contributed by atoms with E-state index in [1.54, 1.807) is 0 Å². The number of hydrogen-bond acceptors (Lipinski definition) is 3. The van der Waals surface area contributed by atoms with Crippen LogP contribution in [0.3, 0.4) is 0 Å². The number of rotatable bonds is 6. The first-order chi connectivity index (χ1) is 13.7. The monoisotopic (exact) mass is 440 g/mol. The molecule has 2 aromatic heterocycles. The molecule has 0 amide bonds. The largest absolute Gasteiger partial charge is 0.357 e. The number of fused-ring (bicyclic) bond motifs is 1. The number of benzene rings is 1. The fourth-order valence-electron chi connectivity index (χ4n) is 3.73. The highest BCUT2D eigenvalue weighted by Crippen LogP contribution is 2.43. The topological polar surface area (TPSA) is 66.6 Å². The lowest BCUT2D eigenvalue weighted by Gasteiger charge is -2.43. The van der Waals surface area contributed by atoms with Crippen molar-refractivity contribution in [3.8, 4) is 0 Å². The quantitative estimate of drug-likeness (QED) is 0.453. The summed E-state index contributed by atoms with van der Waals surface area (Å²) in [5, 5.41) is 15.4. The van der Waals surface area contributed by atoms with Crippen LogP contribution >= 0.6 is 15.9 Å². The van der Waals surface area contributed by atoms with E-state index in [2.05, 4.69) is 68.0 Å². The van der Waals surface area contributed by atoms with Crippen LogP contribution in [0, 0.1) is 0 Å². The number of aliphatic imine (C=N–C) groups is 1. The van der Waals surface area contributed by atoms with Gasteiger partial charge in [0.15, 0.2) is 17.4 Å². The molecule has 2 heterocycles. The summed E-state index contributed by atoms with van der Waals surface area (Å²) in [4.78, 5) is 4.74. The van der Waals surface area contributed by atoms with Gasteiger partial charge >= 0.3 is 0 Å². The van der Waals surface area contributed by atoms with Gasteiger partial charge in [0.25, 0.3) is 0 Å². The van der Waals surface area contributed by atoms with E-state index in [1.807, 2.05) is 28.8 Å². The van der Waals surface area contributed by atoms with Gasteiger partial charge in [-0.25, -0.2) is 4.99 Å². The smallest absolute Gasteiger partial charge is 0.191 e. The van der Waals surface area contributed by atoms with Gasteiger partial charge in [-0.15, -0.1) is 10.2 Å². The second-order valence-electron chi connectivity index (χ2n) is 7.24. The minimum absolute atomic E-state index is 0.182. The molecule has 146 valence electrons. The molecule has 1 aromatic carbocycles. The highest BCUT2D eigenvalue weighted by Gasteiger charge is 2.38. The van der Waals surface area contributed by atoms with Gasteiger partial charge in [0.1, 0.15) is 6.54 Å². The van der Waals surface area contributed by atoms with Gasteiger partial charge in [-0.2, -0.15) is 0 Å². The highest BCUT2D eigenvalue weighted by atomic mass is 79.9. The number of pyridine rings is 1. The van der Waals surface area contributed by atoms with Gasteiger partial charge in [-0.1, -0.05) is 40.5 Å². The molecular weight excluding hydrogens is 416 g/mol. The number of halogens is 1. The van der Waals surface area contributed by atoms with E-state index in [9.17, 15) is 0 Å². The molecule has 1 aliphatic rings. The first-order valence-electron chi connectivity index (χ1n) is 9.77. The summed E-state index contributed by atoms with van der Waals surface area (Å²) in [5.41, 5.74) is 2.41. The Balaban J connectivity index is 1.48. The molecule has 3 aromatic rings. The third-order valence-corrected chi connectivity index (χ3v) is 5.94. The highest BCUT2D eigenvalue weighted by molar-refractivity contribution is 9.10. The van der Waals surface area contributed by atoms with Crippen molar-refractivity contribution in [2.75, 3.05) is 13.1 Å². The standard InChI is InChI=1S/C21H25BrN6/c1-2-23-20(24-14-19-27-26-18-9-3-4-12-28(18)19)25-15-21(10-6-11-21)16-7-5-8-17(22)13-16/h3-5,7-9,12-13H,2,6,10-11,14-15H2,1H3,(H2,23,24,25). The third-order valence-electron chi connectivity index (χ3n) is 5.45. The lowest BCUT2D eigenvalue weighted by Crippen LogP contribution is -2.49. The number of guanidine groups is 1. The van der Waals surface area contributed by atoms with Crippen molar-refractivity contribution in [1.29, 1.82) is 0 Å². The first kappa shape index (κ1) is 18.9. The van der Waals surface area contributed by atoms with Crippen LogP contribution in [0.2, 0.25) is 0 Å². The summed E-state index contributed by atoms with van der Waals surface area (Å²) in [6, 6.07) is 14.6. The molecule has 0 radical (unpaired) electrons. The predicted octanol–water partition coefficient (Wildman–Crippen LogP) is 3.67. The normalized spacial score (nSPS) is 16.0. The van der Waals surface area contributed by atoms with Crippen molar-refractivity contribution in [3.63, 3.8) is 0 Å². The molecule has 6 nitrogen and oxygen atoms in total. The molecule has 1 saturated carbocycles. The number of hydrogen-bond donors (Lipinski definition) is 2. The van der Waals surface area contributed by atoms with Crippen molar-refractivity contribution in [1.82, 2.24) is 25.2 Å². The van der Waals surface area contributed by atoms with E-state index in [0.29, 0.717) is 6.54 Å². The maximum atomic E-state index is 4.74. The van der Waals surface area contributed by atoms with Crippen LogP contribution in [0.25, 0.3) is 5.65 Å². The third kappa shape index (κ3) is 3.90. The zero-order valence-corrected chi connectivity index (χ0v) is 17.6. The van der Waals surface area contributed by atoms with Gasteiger partial charge in [0, 0.05) is 29.2 Å². The zero-order valence-electron chi connectivity index (χ0n) is 16.0. The van der Waals surface area contributed by atoms with Crippen LogP contribution in [0.4, 0.5) is 0 Å². The van der Waals surface area contributed by atoms with Crippen molar-refractivity contribution < 1.29 is 0 Å². The minimum Gasteiger partial charge on any atom is -0.357 e. The molecular formula is C21H25BrN6. The average molecular weight is 441 g/mol. The Bertz CT molecular complexity index is 976. The molecule has 0 aliphatic heterocycles. The van der Waals surface area contributed by atoms with Crippen molar-refractivity contribution in [2.24, 2.45) is 4.99 Å². The fourth-order valence-corrected chi connectivity index (χ4v) is 4.13. The molecule has 7 heteroatoms. The van der Waals surface area contributed by atoms with Crippen molar-refractivity contribution in [2.45, 2.75) is 38.1 Å². The maximum absolute atomic E-state index is 4.74. The molecule has 0 bridgehead atoms. The van der Waals surface area contributed by atoms with Gasteiger partial charge in [-0.3, -0.25) is 4.40 Å². The van der Waals surface area contributed by atoms with Crippen LogP contribution in [0.5, 0.6) is 0 Å². The van der Waals surface area contributed by atoms with Crippen LogP contribution in [-0.4, -0.2) is 33.6 Å². The molecule has 1 aliphatic carbocycles. The van der Waals surface area contributed by atoms with Crippen molar-refractivity contribution >= 4 is 27.5 Å². The summed E-state index contributed by atoms with van der Waals surface area (Å²) < 4.78 is 3.11. The van der Waals surface area contributed by atoms with Crippen LogP contribution in [0.15, 0.2) is 58.1 Å². The maximum Gasteiger partial charge on any atom is 0.191 e. The first-order valence-corrected chi connectivity index (χ1v) is 10.6. The van der Waals surface area contributed by atoms with E-state index in [0.717, 1.165) is 35.0 Å². The lowest BCUT2D eigenvalue weighted by atomic mass is 9.64. The lowest BCUT2D eigenvalue weighted by molar-refractivity contribution is 0.243. The van der Waals surface area contributed by atoms with Gasteiger partial charge in [-0.05, 0) is 49.6 Å². The molecule has 28 heavy (non-hydrogen) atoms. The molecule has 1 fully saturated rings. The second-order valence-corrected chi connectivity index (χ2v) is 8.15. The summed E-state index contributed by atoms with van der Waals surface area (Å²) >= 11 is 3.61. The Morgan fingerprint density at radius 2 is 2.07 bits per heavy atom. The Hall–Kier alpha value is -2.41. The van der Waals surface area contributed by atoms with Gasteiger partial charge in [0.05, 0.1) is 0 Å². The summed E-state index contributed by atoms with van der Waals surface area (Å²) in [7, 11) is 0. The van der Waals surface area contributed by atoms with E-state index in [4.69, 9.17) is 4.99 Å². The summed E-state index contributed by atoms with van der Waals surface area (Å²) in [6.07, 6.45) is 5.64. The molecule has 2 N–H and O–H groups in total. The summed E-state index contributed by atoms with van der Waals surface area (Å²) in [6.45, 7) is 4.24. The Kier molecular flexibility index (Phi) is 5.62. The summed E-state index contributed by atoms with van der Waals surface area (Å²) in [5.74, 6) is 1.65. The van der Waals surface area contributed by atoms with E-state index >= 15 is 0 Å². The molecule has 4 rings (SSSR count). The minimum atomic E-state index is 0.182. The number of nitrogens with zero attached hydrogens (tertiary/aromatic N) is 4. The van der Waals surface area contributed by atoms with Crippen LogP contribution in [-0.2, 0) is 12.0 Å². The van der Waals surface area contributed by atoms with Gasteiger partial charge in [0.2, 0.25) is 0 Å². The van der Waals surface area contributed by atoms with Crippen LogP contribution < -0.4 is 10.6 Å². The second kappa shape index (κ2) is 8.31.